The SMILES string of the molecule is CC(=O)Nc1cccc(CN=C(N)Nc2ccc(C)c(C)c2)c1. The third-order valence-corrected chi connectivity index (χ3v) is 3.46. The van der Waals surface area contributed by atoms with Crippen LogP contribution in [0.5, 0.6) is 0 Å². The van der Waals surface area contributed by atoms with Crippen molar-refractivity contribution in [2.75, 3.05) is 10.6 Å². The number of nitrogens with zero attached hydrogens (tertiary/aromatic N) is 1. The number of nitrogens with two attached hydrogens (primary N) is 1. The summed E-state index contributed by atoms with van der Waals surface area (Å²) in [7, 11) is 0. The van der Waals surface area contributed by atoms with Crippen molar-refractivity contribution in [1.29, 1.82) is 0 Å². The molecule has 0 saturated heterocycles. The van der Waals surface area contributed by atoms with E-state index in [4.69, 9.17) is 5.73 Å². The van der Waals surface area contributed by atoms with E-state index in [0.717, 1.165) is 16.9 Å². The van der Waals surface area contributed by atoms with Crippen LogP contribution >= 0.6 is 0 Å². The number of hydrogen-bond acceptors (Lipinski definition) is 2. The van der Waals surface area contributed by atoms with Crippen LogP contribution in [-0.4, -0.2) is 11.9 Å². The minimum Gasteiger partial charge on any atom is -0.370 e. The van der Waals surface area contributed by atoms with Crippen molar-refractivity contribution in [2.45, 2.75) is 27.3 Å². The van der Waals surface area contributed by atoms with E-state index in [2.05, 4.69) is 29.5 Å². The number of carbonyl (C=O) groups is 1. The Balaban J connectivity index is 2.01. The molecule has 0 aliphatic carbocycles. The molecule has 0 unspecified atom stereocenters. The van der Waals surface area contributed by atoms with Gasteiger partial charge < -0.3 is 16.4 Å². The van der Waals surface area contributed by atoms with Crippen molar-refractivity contribution in [3.8, 4) is 0 Å². The summed E-state index contributed by atoms with van der Waals surface area (Å²) < 4.78 is 0. The Bertz CT molecular complexity index is 738. The fourth-order valence-electron chi connectivity index (χ4n) is 2.13. The van der Waals surface area contributed by atoms with Crippen LogP contribution in [0, 0.1) is 13.8 Å². The van der Waals surface area contributed by atoms with Gasteiger partial charge in [0.05, 0.1) is 6.54 Å². The van der Waals surface area contributed by atoms with Gasteiger partial charge in [0.2, 0.25) is 5.91 Å². The zero-order chi connectivity index (χ0) is 16.8. The fourth-order valence-corrected chi connectivity index (χ4v) is 2.13. The van der Waals surface area contributed by atoms with Gasteiger partial charge in [0, 0.05) is 18.3 Å². The molecule has 0 aliphatic rings. The molecule has 0 saturated carbocycles. The minimum absolute atomic E-state index is 0.0958. The number of nitrogens with one attached hydrogen (secondary N) is 2. The van der Waals surface area contributed by atoms with Crippen molar-refractivity contribution < 1.29 is 4.79 Å². The number of carbonyl (C=O) groups excluding carboxylic acids is 1. The quantitative estimate of drug-likeness (QED) is 0.599. The molecule has 5 heteroatoms. The zero-order valence-electron chi connectivity index (χ0n) is 13.7. The number of benzene rings is 2. The third kappa shape index (κ3) is 5.14. The molecular weight excluding hydrogens is 288 g/mol. The van der Waals surface area contributed by atoms with Gasteiger partial charge in [-0.1, -0.05) is 18.2 Å². The van der Waals surface area contributed by atoms with Gasteiger partial charge >= 0.3 is 0 Å². The zero-order valence-corrected chi connectivity index (χ0v) is 13.7. The second-order valence-corrected chi connectivity index (χ2v) is 5.51. The van der Waals surface area contributed by atoms with Crippen molar-refractivity contribution in [1.82, 2.24) is 0 Å². The molecule has 1 amide bonds. The summed E-state index contributed by atoms with van der Waals surface area (Å²) in [4.78, 5) is 15.4. The summed E-state index contributed by atoms with van der Waals surface area (Å²) in [6.07, 6.45) is 0. The summed E-state index contributed by atoms with van der Waals surface area (Å²) >= 11 is 0. The van der Waals surface area contributed by atoms with Gasteiger partial charge in [0.1, 0.15) is 0 Å². The van der Waals surface area contributed by atoms with Gasteiger partial charge in [-0.05, 0) is 54.8 Å². The predicted octanol–water partition coefficient (Wildman–Crippen LogP) is 3.19. The van der Waals surface area contributed by atoms with E-state index >= 15 is 0 Å². The Morgan fingerprint density at radius 3 is 2.48 bits per heavy atom. The first-order valence-corrected chi connectivity index (χ1v) is 7.45. The van der Waals surface area contributed by atoms with Crippen LogP contribution in [0.2, 0.25) is 0 Å². The van der Waals surface area contributed by atoms with Crippen LogP contribution < -0.4 is 16.4 Å². The number of amides is 1. The maximum Gasteiger partial charge on any atom is 0.221 e. The van der Waals surface area contributed by atoms with E-state index in [1.54, 1.807) is 0 Å². The topological polar surface area (TPSA) is 79.5 Å². The summed E-state index contributed by atoms with van der Waals surface area (Å²) in [5.74, 6) is 0.264. The monoisotopic (exact) mass is 310 g/mol. The number of aryl methyl sites for hydroxylation is 2. The maximum atomic E-state index is 11.1. The lowest BCUT2D eigenvalue weighted by Crippen LogP contribution is -2.22. The summed E-state index contributed by atoms with van der Waals surface area (Å²) in [6, 6.07) is 13.6. The van der Waals surface area contributed by atoms with E-state index < -0.39 is 0 Å². The van der Waals surface area contributed by atoms with Crippen molar-refractivity contribution in [3.05, 3.63) is 59.2 Å². The number of hydrogen-bond donors (Lipinski definition) is 3. The Labute approximate surface area is 136 Å². The smallest absolute Gasteiger partial charge is 0.221 e. The molecule has 2 rings (SSSR count). The first-order chi connectivity index (χ1) is 10.9. The normalized spacial score (nSPS) is 11.2. The molecule has 0 heterocycles. The first-order valence-electron chi connectivity index (χ1n) is 7.45. The Morgan fingerprint density at radius 1 is 1.04 bits per heavy atom. The highest BCUT2D eigenvalue weighted by Gasteiger charge is 2.00. The maximum absolute atomic E-state index is 11.1. The summed E-state index contributed by atoms with van der Waals surface area (Å²) in [6.45, 7) is 6.05. The van der Waals surface area contributed by atoms with Crippen LogP contribution in [0.4, 0.5) is 11.4 Å². The molecule has 0 fully saturated rings. The molecule has 5 nitrogen and oxygen atoms in total. The lowest BCUT2D eigenvalue weighted by molar-refractivity contribution is -0.114. The molecule has 0 spiro atoms. The predicted molar refractivity (Wildman–Crippen MR) is 95.6 cm³/mol. The number of anilines is 2. The van der Waals surface area contributed by atoms with Crippen LogP contribution in [0.15, 0.2) is 47.5 Å². The molecule has 120 valence electrons. The molecule has 0 atom stereocenters. The van der Waals surface area contributed by atoms with Gasteiger partial charge in [-0.15, -0.1) is 0 Å². The molecule has 4 N–H and O–H groups in total. The molecule has 0 aromatic heterocycles. The van der Waals surface area contributed by atoms with Gasteiger partial charge in [-0.3, -0.25) is 4.79 Å². The van der Waals surface area contributed by atoms with Crippen LogP contribution in [-0.2, 0) is 11.3 Å². The van der Waals surface area contributed by atoms with Gasteiger partial charge in [-0.25, -0.2) is 4.99 Å². The largest absolute Gasteiger partial charge is 0.370 e. The van der Waals surface area contributed by atoms with Gasteiger partial charge in [-0.2, -0.15) is 0 Å². The number of aliphatic imine (C=N–C) groups is 1. The molecule has 0 bridgehead atoms. The van der Waals surface area contributed by atoms with Crippen LogP contribution in [0.3, 0.4) is 0 Å². The lowest BCUT2D eigenvalue weighted by Gasteiger charge is -2.08. The second-order valence-electron chi connectivity index (χ2n) is 5.51. The van der Waals surface area contributed by atoms with Crippen molar-refractivity contribution >= 4 is 23.2 Å². The Morgan fingerprint density at radius 2 is 1.78 bits per heavy atom. The number of rotatable bonds is 4. The van der Waals surface area contributed by atoms with E-state index in [0.29, 0.717) is 12.5 Å². The minimum atomic E-state index is -0.0958. The highest BCUT2D eigenvalue weighted by molar-refractivity contribution is 5.92. The van der Waals surface area contributed by atoms with Crippen molar-refractivity contribution in [3.63, 3.8) is 0 Å². The lowest BCUT2D eigenvalue weighted by atomic mass is 10.1. The Kier molecular flexibility index (Phi) is 5.36. The molecule has 2 aromatic carbocycles. The standard InChI is InChI=1S/C18H22N4O/c1-12-7-8-17(9-13(12)2)22-18(19)20-11-15-5-4-6-16(10-15)21-14(3)23/h4-10H,11H2,1-3H3,(H,21,23)(H3,19,20,22). The average Bonchev–Trinajstić information content (AvgIpc) is 2.49. The molecule has 0 radical (unpaired) electrons. The van der Waals surface area contributed by atoms with Crippen molar-refractivity contribution in [2.24, 2.45) is 10.7 Å². The highest BCUT2D eigenvalue weighted by atomic mass is 16.1. The summed E-state index contributed by atoms with van der Waals surface area (Å²) in [5, 5.41) is 5.83. The van der Waals surface area contributed by atoms with E-state index in [9.17, 15) is 4.79 Å². The second kappa shape index (κ2) is 7.45. The Hall–Kier alpha value is -2.82. The van der Waals surface area contributed by atoms with E-state index in [-0.39, 0.29) is 5.91 Å². The molecule has 23 heavy (non-hydrogen) atoms. The van der Waals surface area contributed by atoms with E-state index in [1.807, 2.05) is 42.5 Å². The van der Waals surface area contributed by atoms with Gasteiger partial charge in [0.15, 0.2) is 5.96 Å². The highest BCUT2D eigenvalue weighted by Crippen LogP contribution is 2.14. The molecule has 0 aliphatic heterocycles. The first kappa shape index (κ1) is 16.5. The van der Waals surface area contributed by atoms with Crippen LogP contribution in [0.25, 0.3) is 0 Å². The average molecular weight is 310 g/mol. The number of guanidine groups is 1. The van der Waals surface area contributed by atoms with E-state index in [1.165, 1.54) is 18.1 Å². The van der Waals surface area contributed by atoms with Gasteiger partial charge in [0.25, 0.3) is 0 Å². The molecule has 2 aromatic rings. The summed E-state index contributed by atoms with van der Waals surface area (Å²) in [5.41, 5.74) is 11.0. The fraction of sp³-hybridized carbons (Fsp3) is 0.222. The molecular formula is C18H22N4O. The van der Waals surface area contributed by atoms with Crippen LogP contribution in [0.1, 0.15) is 23.6 Å². The third-order valence-electron chi connectivity index (χ3n) is 3.46.